The zero-order valence-corrected chi connectivity index (χ0v) is 11.1. The van der Waals surface area contributed by atoms with Gasteiger partial charge in [0.25, 0.3) is 0 Å². The highest BCUT2D eigenvalue weighted by atomic mass is 16.5. The van der Waals surface area contributed by atoms with E-state index in [1.807, 2.05) is 0 Å². The number of rotatable bonds is 9. The Kier molecular flexibility index (Phi) is 7.01. The first-order valence-corrected chi connectivity index (χ1v) is 6.21. The van der Waals surface area contributed by atoms with Gasteiger partial charge in [0.2, 0.25) is 5.91 Å². The fourth-order valence-corrected chi connectivity index (χ4v) is 1.63. The third-order valence-electron chi connectivity index (χ3n) is 2.63. The van der Waals surface area contributed by atoms with Gasteiger partial charge in [-0.25, -0.2) is 4.68 Å². The molecule has 0 aliphatic heterocycles. The number of nitrogens with one attached hydrogen (secondary N) is 1. The van der Waals surface area contributed by atoms with E-state index in [2.05, 4.69) is 15.6 Å². The Morgan fingerprint density at radius 3 is 3.05 bits per heavy atom. The standard InChI is InChI=1S/C11H21N5O3/c1-19-6-5-13-11(18)10(3-2-4-12)16-7-9(8-17)14-15-16/h7,10,17H,2-6,8,12H2,1H3,(H,13,18)/t10-/m1/s1. The van der Waals surface area contributed by atoms with Gasteiger partial charge < -0.3 is 20.9 Å². The van der Waals surface area contributed by atoms with Crippen LogP contribution in [0.2, 0.25) is 0 Å². The maximum atomic E-state index is 12.1. The van der Waals surface area contributed by atoms with Crippen molar-refractivity contribution in [2.45, 2.75) is 25.5 Å². The van der Waals surface area contributed by atoms with Gasteiger partial charge in [-0.05, 0) is 19.4 Å². The number of carbonyl (C=O) groups excluding carboxylic acids is 1. The van der Waals surface area contributed by atoms with Crippen molar-refractivity contribution in [3.8, 4) is 0 Å². The van der Waals surface area contributed by atoms with Crippen LogP contribution in [0, 0.1) is 0 Å². The van der Waals surface area contributed by atoms with Crippen molar-refractivity contribution in [2.24, 2.45) is 5.73 Å². The second-order valence-electron chi connectivity index (χ2n) is 4.08. The lowest BCUT2D eigenvalue weighted by atomic mass is 10.1. The van der Waals surface area contributed by atoms with E-state index in [1.54, 1.807) is 13.3 Å². The predicted octanol–water partition coefficient (Wildman–Crippen LogP) is -1.19. The molecule has 1 amide bonds. The quantitative estimate of drug-likeness (QED) is 0.487. The van der Waals surface area contributed by atoms with Gasteiger partial charge in [-0.15, -0.1) is 5.10 Å². The molecule has 1 rings (SSSR count). The van der Waals surface area contributed by atoms with E-state index in [0.29, 0.717) is 38.2 Å². The molecule has 1 atom stereocenters. The second kappa shape index (κ2) is 8.57. The molecule has 0 aliphatic rings. The molecule has 1 aromatic rings. The number of methoxy groups -OCH3 is 1. The van der Waals surface area contributed by atoms with E-state index in [4.69, 9.17) is 15.6 Å². The summed E-state index contributed by atoms with van der Waals surface area (Å²) < 4.78 is 6.34. The molecule has 1 heterocycles. The van der Waals surface area contributed by atoms with Gasteiger partial charge in [-0.1, -0.05) is 5.21 Å². The molecule has 0 aromatic carbocycles. The van der Waals surface area contributed by atoms with Crippen LogP contribution in [-0.2, 0) is 16.1 Å². The van der Waals surface area contributed by atoms with Crippen molar-refractivity contribution in [2.75, 3.05) is 26.8 Å². The monoisotopic (exact) mass is 271 g/mol. The number of carbonyl (C=O) groups is 1. The van der Waals surface area contributed by atoms with E-state index in [0.717, 1.165) is 0 Å². The first kappa shape index (κ1) is 15.5. The average molecular weight is 271 g/mol. The van der Waals surface area contributed by atoms with Gasteiger partial charge in [-0.3, -0.25) is 4.79 Å². The number of hydrogen-bond acceptors (Lipinski definition) is 6. The number of aromatic nitrogens is 3. The van der Waals surface area contributed by atoms with Crippen LogP contribution in [-0.4, -0.2) is 52.8 Å². The molecule has 4 N–H and O–H groups in total. The molecule has 0 fully saturated rings. The maximum Gasteiger partial charge on any atom is 0.245 e. The van der Waals surface area contributed by atoms with Crippen LogP contribution in [0.15, 0.2) is 6.20 Å². The lowest BCUT2D eigenvalue weighted by molar-refractivity contribution is -0.125. The summed E-state index contributed by atoms with van der Waals surface area (Å²) in [6.07, 6.45) is 2.84. The van der Waals surface area contributed by atoms with Gasteiger partial charge in [0.1, 0.15) is 11.7 Å². The Bertz CT molecular complexity index is 382. The highest BCUT2D eigenvalue weighted by molar-refractivity contribution is 5.80. The molecular formula is C11H21N5O3. The van der Waals surface area contributed by atoms with Crippen LogP contribution >= 0.6 is 0 Å². The van der Waals surface area contributed by atoms with Crippen LogP contribution in [0.25, 0.3) is 0 Å². The summed E-state index contributed by atoms with van der Waals surface area (Å²) >= 11 is 0. The van der Waals surface area contributed by atoms with Crippen molar-refractivity contribution in [1.29, 1.82) is 0 Å². The lowest BCUT2D eigenvalue weighted by Crippen LogP contribution is -2.35. The fraction of sp³-hybridized carbons (Fsp3) is 0.727. The zero-order valence-electron chi connectivity index (χ0n) is 11.1. The van der Waals surface area contributed by atoms with Gasteiger partial charge in [0, 0.05) is 13.7 Å². The molecular weight excluding hydrogens is 250 g/mol. The minimum absolute atomic E-state index is 0.153. The molecule has 0 bridgehead atoms. The summed E-state index contributed by atoms with van der Waals surface area (Å²) in [6, 6.07) is -0.465. The minimum atomic E-state index is -0.465. The van der Waals surface area contributed by atoms with Crippen molar-refractivity contribution in [1.82, 2.24) is 20.3 Å². The Morgan fingerprint density at radius 1 is 1.68 bits per heavy atom. The summed E-state index contributed by atoms with van der Waals surface area (Å²) in [5.74, 6) is -0.153. The Labute approximate surface area is 111 Å². The summed E-state index contributed by atoms with van der Waals surface area (Å²) in [5.41, 5.74) is 5.90. The topological polar surface area (TPSA) is 115 Å². The summed E-state index contributed by atoms with van der Waals surface area (Å²) in [6.45, 7) is 1.20. The summed E-state index contributed by atoms with van der Waals surface area (Å²) in [5, 5.41) is 19.4. The van der Waals surface area contributed by atoms with Crippen LogP contribution in [0.4, 0.5) is 0 Å². The summed E-state index contributed by atoms with van der Waals surface area (Å²) in [4.78, 5) is 12.1. The van der Waals surface area contributed by atoms with E-state index in [-0.39, 0.29) is 12.5 Å². The van der Waals surface area contributed by atoms with E-state index in [1.165, 1.54) is 4.68 Å². The number of amides is 1. The number of aliphatic hydroxyl groups excluding tert-OH is 1. The van der Waals surface area contributed by atoms with Gasteiger partial charge in [-0.2, -0.15) is 0 Å². The van der Waals surface area contributed by atoms with Gasteiger partial charge in [0.15, 0.2) is 0 Å². The summed E-state index contributed by atoms with van der Waals surface area (Å²) in [7, 11) is 1.57. The molecule has 0 unspecified atom stereocenters. The van der Waals surface area contributed by atoms with Crippen LogP contribution in [0.5, 0.6) is 0 Å². The first-order chi connectivity index (χ1) is 9.22. The third kappa shape index (κ3) is 4.93. The van der Waals surface area contributed by atoms with Gasteiger partial charge >= 0.3 is 0 Å². The van der Waals surface area contributed by atoms with Crippen LogP contribution < -0.4 is 11.1 Å². The number of ether oxygens (including phenoxy) is 1. The smallest absolute Gasteiger partial charge is 0.245 e. The van der Waals surface area contributed by atoms with Crippen molar-refractivity contribution >= 4 is 5.91 Å². The molecule has 8 heteroatoms. The van der Waals surface area contributed by atoms with Crippen LogP contribution in [0.1, 0.15) is 24.6 Å². The SMILES string of the molecule is COCCNC(=O)[C@@H](CCCN)n1cc(CO)nn1. The molecule has 0 spiro atoms. The lowest BCUT2D eigenvalue weighted by Gasteiger charge is -2.16. The van der Waals surface area contributed by atoms with Crippen molar-refractivity contribution in [3.05, 3.63) is 11.9 Å². The maximum absolute atomic E-state index is 12.1. The Morgan fingerprint density at radius 2 is 2.47 bits per heavy atom. The number of aliphatic hydroxyl groups is 1. The predicted molar refractivity (Wildman–Crippen MR) is 68.2 cm³/mol. The fourth-order valence-electron chi connectivity index (χ4n) is 1.63. The average Bonchev–Trinajstić information content (AvgIpc) is 2.88. The second-order valence-corrected chi connectivity index (χ2v) is 4.08. The van der Waals surface area contributed by atoms with E-state index < -0.39 is 6.04 Å². The molecule has 108 valence electrons. The Hall–Kier alpha value is -1.51. The molecule has 0 saturated heterocycles. The number of nitrogens with two attached hydrogens (primary N) is 1. The number of nitrogens with zero attached hydrogens (tertiary/aromatic N) is 3. The van der Waals surface area contributed by atoms with Crippen molar-refractivity contribution < 1.29 is 14.6 Å². The molecule has 19 heavy (non-hydrogen) atoms. The Balaban J connectivity index is 2.67. The highest BCUT2D eigenvalue weighted by Crippen LogP contribution is 2.13. The van der Waals surface area contributed by atoms with E-state index in [9.17, 15) is 4.79 Å². The van der Waals surface area contributed by atoms with Crippen LogP contribution in [0.3, 0.4) is 0 Å². The third-order valence-corrected chi connectivity index (χ3v) is 2.63. The normalized spacial score (nSPS) is 12.4. The molecule has 0 saturated carbocycles. The molecule has 0 radical (unpaired) electrons. The molecule has 8 nitrogen and oxygen atoms in total. The molecule has 1 aromatic heterocycles. The minimum Gasteiger partial charge on any atom is -0.390 e. The molecule has 0 aliphatic carbocycles. The highest BCUT2D eigenvalue weighted by Gasteiger charge is 2.21. The number of hydrogen-bond donors (Lipinski definition) is 3. The first-order valence-electron chi connectivity index (χ1n) is 6.21. The van der Waals surface area contributed by atoms with Gasteiger partial charge in [0.05, 0.1) is 19.4 Å². The largest absolute Gasteiger partial charge is 0.390 e. The van der Waals surface area contributed by atoms with Crippen molar-refractivity contribution in [3.63, 3.8) is 0 Å². The zero-order chi connectivity index (χ0) is 14.1. The van der Waals surface area contributed by atoms with E-state index >= 15 is 0 Å².